The van der Waals surface area contributed by atoms with Crippen LogP contribution in [0.3, 0.4) is 0 Å². The van der Waals surface area contributed by atoms with Crippen LogP contribution in [0.1, 0.15) is 27.2 Å². The number of hydrogen-bond donors (Lipinski definition) is 1. The highest BCUT2D eigenvalue weighted by molar-refractivity contribution is 5.11. The number of fused-ring (bicyclic) bond motifs is 1. The largest absolute Gasteiger partial charge is 0.383 e. The van der Waals surface area contributed by atoms with Crippen molar-refractivity contribution >= 4 is 0 Å². The van der Waals surface area contributed by atoms with Crippen molar-refractivity contribution in [1.82, 2.24) is 5.32 Å². The normalized spacial score (nSPS) is 39.6. The summed E-state index contributed by atoms with van der Waals surface area (Å²) in [6.45, 7) is 8.51. The molecule has 3 heteroatoms. The maximum atomic E-state index is 5.77. The van der Waals surface area contributed by atoms with Gasteiger partial charge in [0.25, 0.3) is 0 Å². The molecule has 1 saturated heterocycles. The number of hydrogen-bond acceptors (Lipinski definition) is 3. The van der Waals surface area contributed by atoms with Crippen LogP contribution in [-0.4, -0.2) is 38.5 Å². The van der Waals surface area contributed by atoms with E-state index in [1.165, 1.54) is 6.42 Å². The molecule has 0 aromatic rings. The summed E-state index contributed by atoms with van der Waals surface area (Å²) >= 11 is 0. The van der Waals surface area contributed by atoms with Crippen molar-refractivity contribution in [3.8, 4) is 0 Å². The van der Waals surface area contributed by atoms with Gasteiger partial charge in [-0.3, -0.25) is 0 Å². The minimum Gasteiger partial charge on any atom is -0.383 e. The maximum Gasteiger partial charge on any atom is 0.0685 e. The molecular formula is C12H23NO2. The SMILES string of the molecule is COCC(C)NC1C2CCOC2C1(C)C. The Morgan fingerprint density at radius 3 is 2.93 bits per heavy atom. The second kappa shape index (κ2) is 4.04. The Kier molecular flexibility index (Phi) is 3.06. The van der Waals surface area contributed by atoms with Crippen LogP contribution in [0.4, 0.5) is 0 Å². The zero-order valence-electron chi connectivity index (χ0n) is 10.2. The van der Waals surface area contributed by atoms with Crippen molar-refractivity contribution in [2.75, 3.05) is 20.3 Å². The van der Waals surface area contributed by atoms with Crippen molar-refractivity contribution < 1.29 is 9.47 Å². The van der Waals surface area contributed by atoms with Crippen molar-refractivity contribution in [2.45, 2.75) is 45.4 Å². The average molecular weight is 213 g/mol. The summed E-state index contributed by atoms with van der Waals surface area (Å²) in [7, 11) is 1.76. The maximum absolute atomic E-state index is 5.77. The van der Waals surface area contributed by atoms with E-state index in [0.717, 1.165) is 19.1 Å². The molecule has 15 heavy (non-hydrogen) atoms. The molecule has 4 unspecified atom stereocenters. The average Bonchev–Trinajstić information content (AvgIpc) is 2.61. The molecule has 88 valence electrons. The van der Waals surface area contributed by atoms with Crippen LogP contribution in [-0.2, 0) is 9.47 Å². The lowest BCUT2D eigenvalue weighted by Gasteiger charge is -2.55. The number of methoxy groups -OCH3 is 1. The summed E-state index contributed by atoms with van der Waals surface area (Å²) in [5, 5.41) is 3.67. The Labute approximate surface area is 92.5 Å². The van der Waals surface area contributed by atoms with Crippen molar-refractivity contribution in [3.05, 3.63) is 0 Å². The van der Waals surface area contributed by atoms with Gasteiger partial charge in [0.15, 0.2) is 0 Å². The van der Waals surface area contributed by atoms with Crippen LogP contribution in [0.5, 0.6) is 0 Å². The fraction of sp³-hybridized carbons (Fsp3) is 1.00. The van der Waals surface area contributed by atoms with Crippen LogP contribution in [0.25, 0.3) is 0 Å². The summed E-state index contributed by atoms with van der Waals surface area (Å²) < 4.78 is 10.9. The number of nitrogens with one attached hydrogen (secondary N) is 1. The molecule has 0 spiro atoms. The van der Waals surface area contributed by atoms with Gasteiger partial charge in [-0.2, -0.15) is 0 Å². The van der Waals surface area contributed by atoms with Gasteiger partial charge in [0.1, 0.15) is 0 Å². The molecule has 0 aromatic carbocycles. The van der Waals surface area contributed by atoms with Gasteiger partial charge in [-0.25, -0.2) is 0 Å². The Hall–Kier alpha value is -0.120. The lowest BCUT2D eigenvalue weighted by atomic mass is 9.57. The van der Waals surface area contributed by atoms with Crippen molar-refractivity contribution in [2.24, 2.45) is 11.3 Å². The first-order valence-electron chi connectivity index (χ1n) is 5.94. The third-order valence-corrected chi connectivity index (χ3v) is 3.98. The standard InChI is InChI=1S/C12H23NO2/c1-8(7-14-4)13-10-9-5-6-15-11(9)12(10,2)3/h8-11,13H,5-7H2,1-4H3. The van der Waals surface area contributed by atoms with E-state index in [1.807, 2.05) is 0 Å². The van der Waals surface area contributed by atoms with E-state index in [-0.39, 0.29) is 5.41 Å². The Morgan fingerprint density at radius 2 is 2.27 bits per heavy atom. The van der Waals surface area contributed by atoms with Crippen LogP contribution >= 0.6 is 0 Å². The quantitative estimate of drug-likeness (QED) is 0.766. The molecule has 1 aliphatic carbocycles. The van der Waals surface area contributed by atoms with E-state index in [2.05, 4.69) is 26.1 Å². The lowest BCUT2D eigenvalue weighted by molar-refractivity contribution is -0.116. The summed E-state index contributed by atoms with van der Waals surface area (Å²) in [4.78, 5) is 0. The zero-order valence-corrected chi connectivity index (χ0v) is 10.2. The second-order valence-corrected chi connectivity index (χ2v) is 5.57. The summed E-state index contributed by atoms with van der Waals surface area (Å²) in [5.74, 6) is 0.722. The predicted molar refractivity (Wildman–Crippen MR) is 59.9 cm³/mol. The minimum atomic E-state index is 0.281. The zero-order chi connectivity index (χ0) is 11.1. The molecule has 1 saturated carbocycles. The molecule has 2 aliphatic rings. The summed E-state index contributed by atoms with van der Waals surface area (Å²) in [6, 6.07) is 1.02. The second-order valence-electron chi connectivity index (χ2n) is 5.57. The predicted octanol–water partition coefficient (Wildman–Crippen LogP) is 1.42. The summed E-state index contributed by atoms with van der Waals surface area (Å²) in [5.41, 5.74) is 0.281. The molecular weight excluding hydrogens is 190 g/mol. The molecule has 1 aliphatic heterocycles. The van der Waals surface area contributed by atoms with Crippen LogP contribution < -0.4 is 5.32 Å². The Balaban J connectivity index is 1.92. The molecule has 3 nitrogen and oxygen atoms in total. The van der Waals surface area contributed by atoms with Gasteiger partial charge in [-0.05, 0) is 13.3 Å². The smallest absolute Gasteiger partial charge is 0.0685 e. The highest BCUT2D eigenvalue weighted by Crippen LogP contribution is 2.52. The molecule has 2 fully saturated rings. The number of ether oxygens (including phenoxy) is 2. The van der Waals surface area contributed by atoms with Crippen LogP contribution in [0.15, 0.2) is 0 Å². The molecule has 0 aromatic heterocycles. The van der Waals surface area contributed by atoms with E-state index in [4.69, 9.17) is 9.47 Å². The van der Waals surface area contributed by atoms with E-state index in [1.54, 1.807) is 7.11 Å². The highest BCUT2D eigenvalue weighted by atomic mass is 16.5. The lowest BCUT2D eigenvalue weighted by Crippen LogP contribution is -2.67. The Bertz CT molecular complexity index is 230. The van der Waals surface area contributed by atoms with E-state index < -0.39 is 0 Å². The molecule has 1 N–H and O–H groups in total. The minimum absolute atomic E-state index is 0.281. The van der Waals surface area contributed by atoms with Gasteiger partial charge in [-0.15, -0.1) is 0 Å². The molecule has 4 atom stereocenters. The topological polar surface area (TPSA) is 30.5 Å². The fourth-order valence-corrected chi connectivity index (χ4v) is 3.27. The van der Waals surface area contributed by atoms with E-state index in [0.29, 0.717) is 18.2 Å². The first-order valence-corrected chi connectivity index (χ1v) is 5.94. The monoisotopic (exact) mass is 213 g/mol. The summed E-state index contributed by atoms with van der Waals surface area (Å²) in [6.07, 6.45) is 1.69. The molecule has 0 amide bonds. The molecule has 2 rings (SSSR count). The third-order valence-electron chi connectivity index (χ3n) is 3.98. The van der Waals surface area contributed by atoms with E-state index in [9.17, 15) is 0 Å². The van der Waals surface area contributed by atoms with Gasteiger partial charge in [-0.1, -0.05) is 13.8 Å². The third kappa shape index (κ3) is 1.81. The van der Waals surface area contributed by atoms with Gasteiger partial charge in [0.2, 0.25) is 0 Å². The van der Waals surface area contributed by atoms with Gasteiger partial charge >= 0.3 is 0 Å². The number of rotatable bonds is 4. The van der Waals surface area contributed by atoms with Gasteiger partial charge in [0, 0.05) is 37.1 Å². The van der Waals surface area contributed by atoms with Crippen LogP contribution in [0.2, 0.25) is 0 Å². The van der Waals surface area contributed by atoms with Crippen molar-refractivity contribution in [3.63, 3.8) is 0 Å². The van der Waals surface area contributed by atoms with Crippen LogP contribution in [0, 0.1) is 11.3 Å². The molecule has 0 bridgehead atoms. The molecule has 1 heterocycles. The van der Waals surface area contributed by atoms with Gasteiger partial charge in [0.05, 0.1) is 12.7 Å². The fourth-order valence-electron chi connectivity index (χ4n) is 3.27. The van der Waals surface area contributed by atoms with Crippen molar-refractivity contribution in [1.29, 1.82) is 0 Å². The van der Waals surface area contributed by atoms with E-state index >= 15 is 0 Å². The highest BCUT2D eigenvalue weighted by Gasteiger charge is 2.59. The molecule has 0 radical (unpaired) electrons. The first-order chi connectivity index (χ1) is 7.07. The van der Waals surface area contributed by atoms with Gasteiger partial charge < -0.3 is 14.8 Å². The Morgan fingerprint density at radius 1 is 1.53 bits per heavy atom. The first kappa shape index (κ1) is 11.4.